The van der Waals surface area contributed by atoms with Gasteiger partial charge in [-0.15, -0.1) is 11.3 Å². The van der Waals surface area contributed by atoms with E-state index >= 15 is 0 Å². The number of carbonyl (C=O) groups is 1. The highest BCUT2D eigenvalue weighted by Gasteiger charge is 2.23. The van der Waals surface area contributed by atoms with Gasteiger partial charge in [0.25, 0.3) is 5.91 Å². The molecule has 0 radical (unpaired) electrons. The molecule has 5 heteroatoms. The van der Waals surface area contributed by atoms with Crippen molar-refractivity contribution in [3.8, 4) is 16.9 Å². The van der Waals surface area contributed by atoms with E-state index in [4.69, 9.17) is 10.5 Å². The standard InChI is InChI=1S/C19H26N2O2S/c1-4-11-21(12-5-2)19(22)17-16(13-24-18(17)20)14-7-9-15(10-8-14)23-6-3/h7-10,13H,4-6,11-12,20H2,1-3H3. The number of carbonyl (C=O) groups excluding carboxylic acids is 1. The summed E-state index contributed by atoms with van der Waals surface area (Å²) >= 11 is 1.42. The fourth-order valence-corrected chi connectivity index (χ4v) is 3.53. The van der Waals surface area contributed by atoms with Gasteiger partial charge in [-0.3, -0.25) is 4.79 Å². The van der Waals surface area contributed by atoms with Crippen LogP contribution in [0.2, 0.25) is 0 Å². The zero-order valence-corrected chi connectivity index (χ0v) is 15.5. The Labute approximate surface area is 148 Å². The highest BCUT2D eigenvalue weighted by Crippen LogP contribution is 2.35. The van der Waals surface area contributed by atoms with Crippen LogP contribution < -0.4 is 10.5 Å². The Bertz CT molecular complexity index is 659. The van der Waals surface area contributed by atoms with Gasteiger partial charge in [0.05, 0.1) is 17.2 Å². The third-order valence-corrected chi connectivity index (χ3v) is 4.60. The monoisotopic (exact) mass is 346 g/mol. The van der Waals surface area contributed by atoms with Gasteiger partial charge < -0.3 is 15.4 Å². The van der Waals surface area contributed by atoms with Crippen LogP contribution in [0.15, 0.2) is 29.6 Å². The Balaban J connectivity index is 2.34. The first-order valence-electron chi connectivity index (χ1n) is 8.51. The predicted molar refractivity (Wildman–Crippen MR) is 102 cm³/mol. The number of hydrogen-bond acceptors (Lipinski definition) is 4. The van der Waals surface area contributed by atoms with E-state index in [1.165, 1.54) is 11.3 Å². The molecule has 0 fully saturated rings. The minimum atomic E-state index is 0.0290. The summed E-state index contributed by atoms with van der Waals surface area (Å²) < 4.78 is 5.48. The van der Waals surface area contributed by atoms with E-state index in [1.807, 2.05) is 41.5 Å². The van der Waals surface area contributed by atoms with E-state index in [9.17, 15) is 4.79 Å². The molecule has 24 heavy (non-hydrogen) atoms. The lowest BCUT2D eigenvalue weighted by atomic mass is 10.0. The van der Waals surface area contributed by atoms with E-state index < -0.39 is 0 Å². The second-order valence-corrected chi connectivity index (χ2v) is 6.55. The Morgan fingerprint density at radius 3 is 2.29 bits per heavy atom. The first-order valence-corrected chi connectivity index (χ1v) is 9.39. The molecule has 1 aromatic carbocycles. The second kappa shape index (κ2) is 8.73. The average Bonchev–Trinajstić information content (AvgIpc) is 2.96. The van der Waals surface area contributed by atoms with E-state index in [-0.39, 0.29) is 5.91 Å². The van der Waals surface area contributed by atoms with Gasteiger partial charge in [-0.25, -0.2) is 0 Å². The molecule has 0 aliphatic heterocycles. The second-order valence-electron chi connectivity index (χ2n) is 5.64. The SMILES string of the molecule is CCCN(CCC)C(=O)c1c(-c2ccc(OCC)cc2)csc1N. The number of nitrogens with two attached hydrogens (primary N) is 1. The van der Waals surface area contributed by atoms with Crippen molar-refractivity contribution in [1.82, 2.24) is 4.90 Å². The summed E-state index contributed by atoms with van der Waals surface area (Å²) in [5.41, 5.74) is 8.66. The third kappa shape index (κ3) is 4.09. The summed E-state index contributed by atoms with van der Waals surface area (Å²) in [6, 6.07) is 7.81. The molecule has 130 valence electrons. The van der Waals surface area contributed by atoms with Crippen LogP contribution in [-0.2, 0) is 0 Å². The lowest BCUT2D eigenvalue weighted by Crippen LogP contribution is -2.33. The number of nitrogen functional groups attached to an aromatic ring is 1. The van der Waals surface area contributed by atoms with Crippen LogP contribution in [0.1, 0.15) is 44.0 Å². The number of ether oxygens (including phenoxy) is 1. The minimum absolute atomic E-state index is 0.0290. The molecular weight excluding hydrogens is 320 g/mol. The van der Waals surface area contributed by atoms with Gasteiger partial charge in [-0.2, -0.15) is 0 Å². The molecule has 0 aliphatic rings. The fourth-order valence-electron chi connectivity index (χ4n) is 2.72. The smallest absolute Gasteiger partial charge is 0.257 e. The van der Waals surface area contributed by atoms with E-state index in [0.717, 1.165) is 42.8 Å². The molecule has 0 saturated carbocycles. The number of amides is 1. The van der Waals surface area contributed by atoms with Crippen molar-refractivity contribution in [2.75, 3.05) is 25.4 Å². The maximum Gasteiger partial charge on any atom is 0.257 e. The summed E-state index contributed by atoms with van der Waals surface area (Å²) in [5, 5.41) is 2.55. The van der Waals surface area contributed by atoms with Crippen molar-refractivity contribution in [2.45, 2.75) is 33.6 Å². The van der Waals surface area contributed by atoms with E-state index in [2.05, 4.69) is 13.8 Å². The van der Waals surface area contributed by atoms with Crippen LogP contribution in [-0.4, -0.2) is 30.5 Å². The highest BCUT2D eigenvalue weighted by molar-refractivity contribution is 7.15. The molecule has 1 heterocycles. The van der Waals surface area contributed by atoms with Gasteiger partial charge in [0, 0.05) is 24.0 Å². The molecule has 0 aliphatic carbocycles. The third-order valence-electron chi connectivity index (χ3n) is 3.78. The van der Waals surface area contributed by atoms with Crippen LogP contribution in [0.25, 0.3) is 11.1 Å². The molecule has 1 aromatic heterocycles. The van der Waals surface area contributed by atoms with E-state index in [1.54, 1.807) is 0 Å². The maximum atomic E-state index is 13.0. The van der Waals surface area contributed by atoms with Gasteiger partial charge in [-0.1, -0.05) is 26.0 Å². The van der Waals surface area contributed by atoms with Crippen LogP contribution in [0, 0.1) is 0 Å². The van der Waals surface area contributed by atoms with Gasteiger partial charge in [0.2, 0.25) is 0 Å². The molecule has 2 aromatic rings. The number of rotatable bonds is 8. The van der Waals surface area contributed by atoms with Crippen molar-refractivity contribution in [2.24, 2.45) is 0 Å². The zero-order valence-electron chi connectivity index (χ0n) is 14.7. The highest BCUT2D eigenvalue weighted by atomic mass is 32.1. The first-order chi connectivity index (χ1) is 11.6. The summed E-state index contributed by atoms with van der Waals surface area (Å²) in [6.07, 6.45) is 1.88. The van der Waals surface area contributed by atoms with Gasteiger partial charge in [-0.05, 0) is 37.5 Å². The Kier molecular flexibility index (Phi) is 6.67. The number of thiophene rings is 1. The van der Waals surface area contributed by atoms with E-state index in [0.29, 0.717) is 17.2 Å². The molecule has 0 atom stereocenters. The van der Waals surface area contributed by atoms with Crippen LogP contribution in [0.4, 0.5) is 5.00 Å². The van der Waals surface area contributed by atoms with Crippen molar-refractivity contribution in [1.29, 1.82) is 0 Å². The summed E-state index contributed by atoms with van der Waals surface area (Å²) in [4.78, 5) is 14.9. The molecule has 0 spiro atoms. The molecule has 2 N–H and O–H groups in total. The average molecular weight is 346 g/mol. The summed E-state index contributed by atoms with van der Waals surface area (Å²) in [7, 11) is 0. The Morgan fingerprint density at radius 2 is 1.75 bits per heavy atom. The van der Waals surface area contributed by atoms with Crippen molar-refractivity contribution < 1.29 is 9.53 Å². The lowest BCUT2D eigenvalue weighted by molar-refractivity contribution is 0.0758. The summed E-state index contributed by atoms with van der Waals surface area (Å²) in [5.74, 6) is 0.859. The normalized spacial score (nSPS) is 10.6. The predicted octanol–water partition coefficient (Wildman–Crippen LogP) is 4.66. The largest absolute Gasteiger partial charge is 0.494 e. The number of benzene rings is 1. The van der Waals surface area contributed by atoms with Crippen LogP contribution in [0.3, 0.4) is 0 Å². The Morgan fingerprint density at radius 1 is 1.12 bits per heavy atom. The molecule has 0 unspecified atom stereocenters. The van der Waals surface area contributed by atoms with Crippen molar-refractivity contribution >= 4 is 22.2 Å². The molecule has 0 bridgehead atoms. The number of anilines is 1. The Hall–Kier alpha value is -2.01. The number of hydrogen-bond donors (Lipinski definition) is 1. The molecule has 4 nitrogen and oxygen atoms in total. The van der Waals surface area contributed by atoms with Crippen molar-refractivity contribution in [3.63, 3.8) is 0 Å². The molecular formula is C19H26N2O2S. The van der Waals surface area contributed by atoms with Gasteiger partial charge >= 0.3 is 0 Å². The minimum Gasteiger partial charge on any atom is -0.494 e. The van der Waals surface area contributed by atoms with Crippen molar-refractivity contribution in [3.05, 3.63) is 35.2 Å². The zero-order chi connectivity index (χ0) is 17.5. The van der Waals surface area contributed by atoms with Gasteiger partial charge in [0.1, 0.15) is 5.75 Å². The topological polar surface area (TPSA) is 55.6 Å². The maximum absolute atomic E-state index is 13.0. The molecule has 1 amide bonds. The summed E-state index contributed by atoms with van der Waals surface area (Å²) in [6.45, 7) is 8.27. The van der Waals surface area contributed by atoms with Gasteiger partial charge in [0.15, 0.2) is 0 Å². The van der Waals surface area contributed by atoms with Crippen LogP contribution in [0.5, 0.6) is 5.75 Å². The molecule has 0 saturated heterocycles. The number of nitrogens with zero attached hydrogens (tertiary/aromatic N) is 1. The first kappa shape index (κ1) is 18.3. The fraction of sp³-hybridized carbons (Fsp3) is 0.421. The van der Waals surface area contributed by atoms with Crippen LogP contribution >= 0.6 is 11.3 Å². The quantitative estimate of drug-likeness (QED) is 0.756. The molecule has 2 rings (SSSR count). The lowest BCUT2D eigenvalue weighted by Gasteiger charge is -2.22.